The number of methoxy groups -OCH3 is 1. The number of carbonyl (C=O) groups excluding carboxylic acids is 1. The number of nitrogens with one attached hydrogen (secondary N) is 2. The Hall–Kier alpha value is -2.11. The fourth-order valence-electron chi connectivity index (χ4n) is 3.03. The first kappa shape index (κ1) is 14.8. The molecule has 1 aliphatic rings. The zero-order chi connectivity index (χ0) is 15.6. The lowest BCUT2D eigenvalue weighted by Gasteiger charge is -2.24. The average molecular weight is 300 g/mol. The number of esters is 1. The third-order valence-corrected chi connectivity index (χ3v) is 4.22. The Labute approximate surface area is 129 Å². The van der Waals surface area contributed by atoms with Gasteiger partial charge in [0.15, 0.2) is 0 Å². The summed E-state index contributed by atoms with van der Waals surface area (Å²) >= 11 is 0. The first-order valence-electron chi connectivity index (χ1n) is 7.39. The fraction of sp³-hybridized carbons (Fsp3) is 0.353. The van der Waals surface area contributed by atoms with E-state index < -0.39 is 5.60 Å². The quantitative estimate of drug-likeness (QED) is 0.735. The number of aliphatic hydroxyl groups is 1. The summed E-state index contributed by atoms with van der Waals surface area (Å²) in [7, 11) is 1.36. The van der Waals surface area contributed by atoms with Crippen molar-refractivity contribution in [1.29, 1.82) is 0 Å². The number of aryl methyl sites for hydroxylation is 1. The Morgan fingerprint density at radius 3 is 3.09 bits per heavy atom. The van der Waals surface area contributed by atoms with Gasteiger partial charge in [-0.2, -0.15) is 0 Å². The number of hydrogen-bond donors (Lipinski definition) is 3. The molecule has 0 saturated heterocycles. The molecule has 3 N–H and O–H groups in total. The molecular weight excluding hydrogens is 280 g/mol. The zero-order valence-electron chi connectivity index (χ0n) is 12.6. The van der Waals surface area contributed by atoms with Gasteiger partial charge in [0.2, 0.25) is 0 Å². The number of carbonyl (C=O) groups is 1. The molecule has 0 aliphatic heterocycles. The Morgan fingerprint density at radius 1 is 1.45 bits per heavy atom. The van der Waals surface area contributed by atoms with Crippen molar-refractivity contribution >= 4 is 5.97 Å². The minimum absolute atomic E-state index is 0.380. The predicted molar refractivity (Wildman–Crippen MR) is 82.5 cm³/mol. The second kappa shape index (κ2) is 5.94. The zero-order valence-corrected chi connectivity index (χ0v) is 12.6. The highest BCUT2D eigenvalue weighted by Gasteiger charge is 2.35. The number of aromatic amines is 1. The molecule has 0 bridgehead atoms. The first-order valence-corrected chi connectivity index (χ1v) is 7.39. The molecule has 1 aromatic heterocycles. The van der Waals surface area contributed by atoms with Gasteiger partial charge in [-0.3, -0.25) is 0 Å². The lowest BCUT2D eigenvalue weighted by molar-refractivity contribution is 0.0384. The molecule has 1 aromatic carbocycles. The van der Waals surface area contributed by atoms with Crippen molar-refractivity contribution in [3.8, 4) is 0 Å². The van der Waals surface area contributed by atoms with E-state index in [2.05, 4.69) is 21.1 Å². The second-order valence-corrected chi connectivity index (χ2v) is 5.71. The molecule has 0 fully saturated rings. The summed E-state index contributed by atoms with van der Waals surface area (Å²) in [5, 5.41) is 14.1. The van der Waals surface area contributed by atoms with Crippen molar-refractivity contribution in [1.82, 2.24) is 10.3 Å². The van der Waals surface area contributed by atoms with Crippen molar-refractivity contribution in [3.63, 3.8) is 0 Å². The fourth-order valence-corrected chi connectivity index (χ4v) is 3.03. The van der Waals surface area contributed by atoms with Crippen molar-refractivity contribution in [2.45, 2.75) is 25.0 Å². The highest BCUT2D eigenvalue weighted by atomic mass is 16.5. The second-order valence-electron chi connectivity index (χ2n) is 5.71. The van der Waals surface area contributed by atoms with Crippen LogP contribution in [-0.4, -0.2) is 29.7 Å². The Bertz CT molecular complexity index is 680. The minimum atomic E-state index is -0.807. The van der Waals surface area contributed by atoms with Crippen LogP contribution in [0.3, 0.4) is 0 Å². The van der Waals surface area contributed by atoms with Crippen molar-refractivity contribution < 1.29 is 14.6 Å². The Kier molecular flexibility index (Phi) is 4.00. The Morgan fingerprint density at radius 2 is 2.27 bits per heavy atom. The molecule has 1 unspecified atom stereocenters. The van der Waals surface area contributed by atoms with E-state index in [1.54, 1.807) is 12.3 Å². The Balaban J connectivity index is 1.60. The number of benzene rings is 1. The molecule has 0 saturated carbocycles. The van der Waals surface area contributed by atoms with Crippen molar-refractivity contribution in [3.05, 3.63) is 58.9 Å². The normalized spacial score (nSPS) is 19.9. The molecule has 5 heteroatoms. The van der Waals surface area contributed by atoms with Crippen LogP contribution in [0, 0.1) is 0 Å². The number of fused-ring (bicyclic) bond motifs is 1. The number of rotatable bonds is 5. The summed E-state index contributed by atoms with van der Waals surface area (Å²) < 4.78 is 4.66. The van der Waals surface area contributed by atoms with Crippen LogP contribution in [-0.2, 0) is 23.3 Å². The maximum atomic E-state index is 11.4. The molecular formula is C17H20N2O3. The summed E-state index contributed by atoms with van der Waals surface area (Å²) in [6.45, 7) is 1.07. The molecule has 5 nitrogen and oxygen atoms in total. The van der Waals surface area contributed by atoms with E-state index in [4.69, 9.17) is 0 Å². The summed E-state index contributed by atoms with van der Waals surface area (Å²) in [4.78, 5) is 14.3. The van der Waals surface area contributed by atoms with E-state index in [9.17, 15) is 9.90 Å². The number of hydrogen-bond acceptors (Lipinski definition) is 4. The van der Waals surface area contributed by atoms with Gasteiger partial charge < -0.3 is 20.1 Å². The van der Waals surface area contributed by atoms with Gasteiger partial charge >= 0.3 is 5.97 Å². The highest BCUT2D eigenvalue weighted by Crippen LogP contribution is 2.36. The molecule has 3 rings (SSSR count). The van der Waals surface area contributed by atoms with Gasteiger partial charge in [0.1, 0.15) is 11.3 Å². The monoisotopic (exact) mass is 300 g/mol. The van der Waals surface area contributed by atoms with Crippen LogP contribution in [0.25, 0.3) is 0 Å². The van der Waals surface area contributed by atoms with Gasteiger partial charge in [-0.1, -0.05) is 24.3 Å². The average Bonchev–Trinajstić information content (AvgIpc) is 3.13. The van der Waals surface area contributed by atoms with Crippen LogP contribution in [0.2, 0.25) is 0 Å². The minimum Gasteiger partial charge on any atom is -0.464 e. The molecule has 0 spiro atoms. The molecule has 1 atom stereocenters. The number of ether oxygens (including phenoxy) is 1. The lowest BCUT2D eigenvalue weighted by atomic mass is 9.96. The van der Waals surface area contributed by atoms with Crippen molar-refractivity contribution in [2.24, 2.45) is 0 Å². The highest BCUT2D eigenvalue weighted by molar-refractivity contribution is 5.87. The predicted octanol–water partition coefficient (Wildman–Crippen LogP) is 1.72. The smallest absolute Gasteiger partial charge is 0.354 e. The summed E-state index contributed by atoms with van der Waals surface area (Å²) in [5.41, 5.74) is 2.82. The van der Waals surface area contributed by atoms with Crippen LogP contribution < -0.4 is 5.32 Å². The van der Waals surface area contributed by atoms with E-state index in [1.165, 1.54) is 12.7 Å². The number of H-pyrrole nitrogens is 1. The van der Waals surface area contributed by atoms with Gasteiger partial charge in [-0.15, -0.1) is 0 Å². The van der Waals surface area contributed by atoms with Crippen LogP contribution in [0.15, 0.2) is 36.5 Å². The topological polar surface area (TPSA) is 74.3 Å². The van der Waals surface area contributed by atoms with E-state index >= 15 is 0 Å². The maximum Gasteiger partial charge on any atom is 0.354 e. The van der Waals surface area contributed by atoms with E-state index in [0.717, 1.165) is 24.0 Å². The molecule has 1 heterocycles. The van der Waals surface area contributed by atoms with E-state index in [-0.39, 0.29) is 5.97 Å². The molecule has 2 aromatic rings. The van der Waals surface area contributed by atoms with Crippen LogP contribution in [0.5, 0.6) is 0 Å². The third-order valence-electron chi connectivity index (χ3n) is 4.22. The van der Waals surface area contributed by atoms with E-state index in [1.807, 2.05) is 18.2 Å². The summed E-state index contributed by atoms with van der Waals surface area (Å²) in [5.74, 6) is -0.380. The molecule has 0 radical (unpaired) electrons. The lowest BCUT2D eigenvalue weighted by Crippen LogP contribution is -2.35. The standard InChI is InChI=1S/C17H20N2O3/c1-22-16(20)15-8-12(10-19-15)9-18-11-17(21)7-6-13-4-2-3-5-14(13)17/h2-5,8,10,18-19,21H,6-7,9,11H2,1H3. The third kappa shape index (κ3) is 2.77. The van der Waals surface area contributed by atoms with Crippen LogP contribution >= 0.6 is 0 Å². The first-order chi connectivity index (χ1) is 10.6. The van der Waals surface area contributed by atoms with Gasteiger partial charge in [0.25, 0.3) is 0 Å². The van der Waals surface area contributed by atoms with Crippen molar-refractivity contribution in [2.75, 3.05) is 13.7 Å². The van der Waals surface area contributed by atoms with Gasteiger partial charge in [0.05, 0.1) is 7.11 Å². The SMILES string of the molecule is COC(=O)c1cc(CNCC2(O)CCc3ccccc32)c[nH]1. The van der Waals surface area contributed by atoms with Gasteiger partial charge in [-0.05, 0) is 35.6 Å². The van der Waals surface area contributed by atoms with Gasteiger partial charge in [0, 0.05) is 19.3 Å². The summed E-state index contributed by atoms with van der Waals surface area (Å²) in [6.07, 6.45) is 3.41. The molecule has 116 valence electrons. The number of aromatic nitrogens is 1. The van der Waals surface area contributed by atoms with E-state index in [0.29, 0.717) is 18.8 Å². The van der Waals surface area contributed by atoms with Crippen LogP contribution in [0.4, 0.5) is 0 Å². The van der Waals surface area contributed by atoms with Crippen LogP contribution in [0.1, 0.15) is 33.6 Å². The maximum absolute atomic E-state index is 11.4. The molecule has 22 heavy (non-hydrogen) atoms. The largest absolute Gasteiger partial charge is 0.464 e. The summed E-state index contributed by atoms with van der Waals surface area (Å²) in [6, 6.07) is 9.79. The van der Waals surface area contributed by atoms with Gasteiger partial charge in [-0.25, -0.2) is 4.79 Å². The molecule has 0 amide bonds. The molecule has 1 aliphatic carbocycles.